The standard InChI is InChI=1S/C16H14F2N2O5/c1-9-4-3-5-10(6-9)19-15(21)11-7-13(24-2)14(25-16(17)18)8-12(11)20(22)23/h3-8,16H,1-2H3,(H,19,21). The van der Waals surface area contributed by atoms with E-state index in [-0.39, 0.29) is 11.3 Å². The normalized spacial score (nSPS) is 10.4. The minimum absolute atomic E-state index is 0.222. The molecule has 0 aliphatic carbocycles. The van der Waals surface area contributed by atoms with Crippen molar-refractivity contribution in [1.29, 1.82) is 0 Å². The third-order valence-electron chi connectivity index (χ3n) is 3.22. The SMILES string of the molecule is COc1cc(C(=O)Nc2cccc(C)c2)c([N+](=O)[O-])cc1OC(F)F. The van der Waals surface area contributed by atoms with Crippen molar-refractivity contribution in [2.45, 2.75) is 13.5 Å². The minimum atomic E-state index is -3.19. The molecule has 0 unspecified atom stereocenters. The number of halogens is 2. The zero-order chi connectivity index (χ0) is 18.6. The summed E-state index contributed by atoms with van der Waals surface area (Å²) >= 11 is 0. The van der Waals surface area contributed by atoms with Crippen molar-refractivity contribution in [2.24, 2.45) is 0 Å². The number of anilines is 1. The summed E-state index contributed by atoms with van der Waals surface area (Å²) in [5, 5.41) is 13.7. The van der Waals surface area contributed by atoms with Crippen molar-refractivity contribution in [1.82, 2.24) is 0 Å². The van der Waals surface area contributed by atoms with E-state index >= 15 is 0 Å². The lowest BCUT2D eigenvalue weighted by Gasteiger charge is -2.12. The number of alkyl halides is 2. The molecule has 2 aromatic rings. The van der Waals surface area contributed by atoms with Gasteiger partial charge < -0.3 is 14.8 Å². The smallest absolute Gasteiger partial charge is 0.387 e. The summed E-state index contributed by atoms with van der Waals surface area (Å²) in [6.45, 7) is -1.38. The lowest BCUT2D eigenvalue weighted by Crippen LogP contribution is -2.15. The molecule has 0 radical (unpaired) electrons. The maximum atomic E-state index is 12.4. The van der Waals surface area contributed by atoms with E-state index in [0.29, 0.717) is 5.69 Å². The molecule has 0 aromatic heterocycles. The van der Waals surface area contributed by atoms with E-state index in [1.54, 1.807) is 18.2 Å². The van der Waals surface area contributed by atoms with Crippen LogP contribution in [-0.4, -0.2) is 24.6 Å². The summed E-state index contributed by atoms with van der Waals surface area (Å²) in [4.78, 5) is 22.7. The zero-order valence-corrected chi connectivity index (χ0v) is 13.3. The fourth-order valence-electron chi connectivity index (χ4n) is 2.15. The highest BCUT2D eigenvalue weighted by Gasteiger charge is 2.26. The Bertz CT molecular complexity index is 811. The Balaban J connectivity index is 2.44. The number of benzene rings is 2. The van der Waals surface area contributed by atoms with Gasteiger partial charge in [-0.25, -0.2) is 0 Å². The summed E-state index contributed by atoms with van der Waals surface area (Å²) < 4.78 is 33.9. The quantitative estimate of drug-likeness (QED) is 0.631. The van der Waals surface area contributed by atoms with Crippen LogP contribution in [0.25, 0.3) is 0 Å². The third kappa shape index (κ3) is 4.40. The van der Waals surface area contributed by atoms with E-state index in [4.69, 9.17) is 4.74 Å². The van der Waals surface area contributed by atoms with E-state index in [0.717, 1.165) is 17.7 Å². The van der Waals surface area contributed by atoms with Gasteiger partial charge in [0, 0.05) is 11.8 Å². The largest absolute Gasteiger partial charge is 0.493 e. The first-order chi connectivity index (χ1) is 11.8. The summed E-state index contributed by atoms with van der Waals surface area (Å²) in [5.74, 6) is -1.53. The number of nitrogens with zero attached hydrogens (tertiary/aromatic N) is 1. The Kier molecular flexibility index (Phi) is 5.48. The Labute approximate surface area is 141 Å². The molecular formula is C16H14F2N2O5. The molecule has 0 saturated carbocycles. The molecule has 1 N–H and O–H groups in total. The van der Waals surface area contributed by atoms with Crippen molar-refractivity contribution in [3.63, 3.8) is 0 Å². The Morgan fingerprint density at radius 2 is 1.96 bits per heavy atom. The van der Waals surface area contributed by atoms with Crippen LogP contribution >= 0.6 is 0 Å². The maximum Gasteiger partial charge on any atom is 0.387 e. The molecule has 25 heavy (non-hydrogen) atoms. The Morgan fingerprint density at radius 1 is 1.24 bits per heavy atom. The summed E-state index contributed by atoms with van der Waals surface area (Å²) in [5.41, 5.74) is 0.295. The number of carbonyl (C=O) groups excluding carboxylic acids is 1. The van der Waals surface area contributed by atoms with E-state index in [1.165, 1.54) is 7.11 Å². The van der Waals surface area contributed by atoms with Gasteiger partial charge in [-0.15, -0.1) is 0 Å². The molecular weight excluding hydrogens is 338 g/mol. The second kappa shape index (κ2) is 7.56. The van der Waals surface area contributed by atoms with Crippen LogP contribution in [0.2, 0.25) is 0 Å². The number of methoxy groups -OCH3 is 1. The fourth-order valence-corrected chi connectivity index (χ4v) is 2.15. The molecule has 0 heterocycles. The van der Waals surface area contributed by atoms with Crippen LogP contribution in [0.1, 0.15) is 15.9 Å². The first-order valence-corrected chi connectivity index (χ1v) is 7.01. The molecule has 0 fully saturated rings. The van der Waals surface area contributed by atoms with E-state index in [9.17, 15) is 23.7 Å². The van der Waals surface area contributed by atoms with Crippen LogP contribution in [0.5, 0.6) is 11.5 Å². The van der Waals surface area contributed by atoms with E-state index in [2.05, 4.69) is 10.1 Å². The number of amides is 1. The van der Waals surface area contributed by atoms with E-state index in [1.807, 2.05) is 13.0 Å². The average Bonchev–Trinajstić information content (AvgIpc) is 2.53. The second-order valence-corrected chi connectivity index (χ2v) is 4.98. The molecule has 2 aromatic carbocycles. The van der Waals surface area contributed by atoms with Gasteiger partial charge in [0.25, 0.3) is 11.6 Å². The number of hydrogen-bond acceptors (Lipinski definition) is 5. The molecule has 132 valence electrons. The molecule has 1 amide bonds. The van der Waals surface area contributed by atoms with Crippen molar-refractivity contribution in [2.75, 3.05) is 12.4 Å². The number of ether oxygens (including phenoxy) is 2. The van der Waals surface area contributed by atoms with Gasteiger partial charge in [-0.3, -0.25) is 14.9 Å². The van der Waals surface area contributed by atoms with E-state index < -0.39 is 28.9 Å². The summed E-state index contributed by atoms with van der Waals surface area (Å²) in [7, 11) is 1.17. The number of nitro benzene ring substituents is 1. The van der Waals surface area contributed by atoms with Gasteiger partial charge >= 0.3 is 6.61 Å². The topological polar surface area (TPSA) is 90.7 Å². The monoisotopic (exact) mass is 352 g/mol. The van der Waals surface area contributed by atoms with Crippen LogP contribution in [0.15, 0.2) is 36.4 Å². The average molecular weight is 352 g/mol. The Hall–Kier alpha value is -3.23. The van der Waals surface area contributed by atoms with Crippen LogP contribution in [0, 0.1) is 17.0 Å². The van der Waals surface area contributed by atoms with Gasteiger partial charge in [-0.2, -0.15) is 8.78 Å². The lowest BCUT2D eigenvalue weighted by atomic mass is 10.1. The summed E-state index contributed by atoms with van der Waals surface area (Å²) in [6.07, 6.45) is 0. The lowest BCUT2D eigenvalue weighted by molar-refractivity contribution is -0.385. The highest BCUT2D eigenvalue weighted by Crippen LogP contribution is 2.36. The second-order valence-electron chi connectivity index (χ2n) is 4.98. The molecule has 9 heteroatoms. The van der Waals surface area contributed by atoms with Crippen LogP contribution < -0.4 is 14.8 Å². The molecule has 0 aliphatic heterocycles. The zero-order valence-electron chi connectivity index (χ0n) is 13.3. The first-order valence-electron chi connectivity index (χ1n) is 7.01. The molecule has 0 atom stereocenters. The van der Waals surface area contributed by atoms with Gasteiger partial charge in [0.2, 0.25) is 0 Å². The number of hydrogen-bond donors (Lipinski definition) is 1. The van der Waals surface area contributed by atoms with Crippen LogP contribution in [0.4, 0.5) is 20.2 Å². The molecule has 2 rings (SSSR count). The summed E-state index contributed by atoms with van der Waals surface area (Å²) in [6, 6.07) is 8.53. The van der Waals surface area contributed by atoms with Gasteiger partial charge in [0.1, 0.15) is 5.56 Å². The van der Waals surface area contributed by atoms with Crippen LogP contribution in [0.3, 0.4) is 0 Å². The number of nitrogens with one attached hydrogen (secondary N) is 1. The predicted molar refractivity (Wildman–Crippen MR) is 85.4 cm³/mol. The third-order valence-corrected chi connectivity index (χ3v) is 3.22. The first kappa shape index (κ1) is 18.1. The number of aryl methyl sites for hydroxylation is 1. The predicted octanol–water partition coefficient (Wildman–Crippen LogP) is 3.77. The molecule has 0 spiro atoms. The molecule has 0 bridgehead atoms. The minimum Gasteiger partial charge on any atom is -0.493 e. The van der Waals surface area contributed by atoms with Crippen molar-refractivity contribution < 1.29 is 28.0 Å². The maximum absolute atomic E-state index is 12.4. The number of carbonyl (C=O) groups is 1. The van der Waals surface area contributed by atoms with Crippen molar-refractivity contribution in [3.8, 4) is 11.5 Å². The number of rotatable bonds is 6. The molecule has 0 aliphatic rings. The molecule has 0 saturated heterocycles. The van der Waals surface area contributed by atoms with Crippen LogP contribution in [-0.2, 0) is 0 Å². The van der Waals surface area contributed by atoms with Gasteiger partial charge in [0.05, 0.1) is 18.1 Å². The van der Waals surface area contributed by atoms with Gasteiger partial charge in [0.15, 0.2) is 11.5 Å². The van der Waals surface area contributed by atoms with Crippen molar-refractivity contribution >= 4 is 17.3 Å². The van der Waals surface area contributed by atoms with Gasteiger partial charge in [-0.1, -0.05) is 12.1 Å². The van der Waals surface area contributed by atoms with Crippen molar-refractivity contribution in [3.05, 3.63) is 57.6 Å². The fraction of sp³-hybridized carbons (Fsp3) is 0.188. The highest BCUT2D eigenvalue weighted by molar-refractivity contribution is 6.07. The highest BCUT2D eigenvalue weighted by atomic mass is 19.3. The Morgan fingerprint density at radius 3 is 2.52 bits per heavy atom. The molecule has 7 nitrogen and oxygen atoms in total. The van der Waals surface area contributed by atoms with Gasteiger partial charge in [-0.05, 0) is 24.6 Å². The number of nitro groups is 1.